The molecule has 1 aromatic rings. The Bertz CT molecular complexity index is 332. The van der Waals surface area contributed by atoms with Gasteiger partial charge in [-0.15, -0.1) is 0 Å². The fourth-order valence-corrected chi connectivity index (χ4v) is 1.88. The lowest BCUT2D eigenvalue weighted by Crippen LogP contribution is -2.21. The lowest BCUT2D eigenvalue weighted by atomic mass is 10.0. The maximum absolute atomic E-state index is 10.2. The highest BCUT2D eigenvalue weighted by Crippen LogP contribution is 2.24. The van der Waals surface area contributed by atoms with Crippen molar-refractivity contribution in [3.63, 3.8) is 0 Å². The Morgan fingerprint density at radius 2 is 1.72 bits per heavy atom. The zero-order valence-corrected chi connectivity index (χ0v) is 11.7. The van der Waals surface area contributed by atoms with E-state index in [0.29, 0.717) is 6.61 Å². The van der Waals surface area contributed by atoms with Crippen molar-refractivity contribution >= 4 is 0 Å². The van der Waals surface area contributed by atoms with E-state index in [4.69, 9.17) is 9.47 Å². The van der Waals surface area contributed by atoms with E-state index < -0.39 is 6.10 Å². The summed E-state index contributed by atoms with van der Waals surface area (Å²) in [6.07, 6.45) is 0.224. The SMILES string of the molecule is CCOC(CC)C(O)c1ccc(OC(C)C)cc1. The van der Waals surface area contributed by atoms with Crippen LogP contribution in [0, 0.1) is 0 Å². The molecule has 0 saturated heterocycles. The molecule has 2 unspecified atom stereocenters. The molecule has 1 aromatic carbocycles. The van der Waals surface area contributed by atoms with E-state index >= 15 is 0 Å². The van der Waals surface area contributed by atoms with Crippen LogP contribution >= 0.6 is 0 Å². The number of hydrogen-bond acceptors (Lipinski definition) is 3. The second-order valence-corrected chi connectivity index (χ2v) is 4.58. The van der Waals surface area contributed by atoms with Crippen molar-refractivity contribution in [3.05, 3.63) is 29.8 Å². The summed E-state index contributed by atoms with van der Waals surface area (Å²) in [5.41, 5.74) is 0.867. The van der Waals surface area contributed by atoms with Crippen molar-refractivity contribution in [3.8, 4) is 5.75 Å². The summed E-state index contributed by atoms with van der Waals surface area (Å²) < 4.78 is 11.1. The zero-order valence-electron chi connectivity index (χ0n) is 11.7. The van der Waals surface area contributed by atoms with Gasteiger partial charge >= 0.3 is 0 Å². The second kappa shape index (κ2) is 7.39. The zero-order chi connectivity index (χ0) is 13.5. The van der Waals surface area contributed by atoms with E-state index in [0.717, 1.165) is 17.7 Å². The molecule has 0 bridgehead atoms. The maximum Gasteiger partial charge on any atom is 0.119 e. The molecule has 18 heavy (non-hydrogen) atoms. The third-order valence-corrected chi connectivity index (χ3v) is 2.73. The summed E-state index contributed by atoms with van der Waals surface area (Å²) in [5, 5.41) is 10.2. The quantitative estimate of drug-likeness (QED) is 0.809. The number of aliphatic hydroxyl groups is 1. The van der Waals surface area contributed by atoms with Gasteiger partial charge in [-0.2, -0.15) is 0 Å². The number of ether oxygens (including phenoxy) is 2. The largest absolute Gasteiger partial charge is 0.491 e. The van der Waals surface area contributed by atoms with Gasteiger partial charge in [0, 0.05) is 6.61 Å². The predicted octanol–water partition coefficient (Wildman–Crippen LogP) is 3.32. The standard InChI is InChI=1S/C15H24O3/c1-5-14(17-6-2)15(16)12-7-9-13(10-8-12)18-11(3)4/h7-11,14-16H,5-6H2,1-4H3. The molecular weight excluding hydrogens is 228 g/mol. The van der Waals surface area contributed by atoms with Crippen molar-refractivity contribution in [2.75, 3.05) is 6.61 Å². The van der Waals surface area contributed by atoms with Crippen LogP contribution in [0.15, 0.2) is 24.3 Å². The molecule has 0 radical (unpaired) electrons. The molecule has 0 spiro atoms. The van der Waals surface area contributed by atoms with Gasteiger partial charge in [-0.25, -0.2) is 0 Å². The summed E-state index contributed by atoms with van der Waals surface area (Å²) in [6.45, 7) is 8.55. The highest BCUT2D eigenvalue weighted by molar-refractivity contribution is 5.29. The van der Waals surface area contributed by atoms with Gasteiger partial charge in [0.15, 0.2) is 0 Å². The van der Waals surface area contributed by atoms with Crippen LogP contribution in [0.5, 0.6) is 5.75 Å². The molecule has 1 N–H and O–H groups in total. The van der Waals surface area contributed by atoms with Gasteiger partial charge < -0.3 is 14.6 Å². The van der Waals surface area contributed by atoms with Crippen molar-refractivity contribution < 1.29 is 14.6 Å². The first-order valence-electron chi connectivity index (χ1n) is 6.64. The normalized spacial score (nSPS) is 14.6. The van der Waals surface area contributed by atoms with Crippen molar-refractivity contribution in [2.45, 2.75) is 52.4 Å². The Morgan fingerprint density at radius 1 is 1.11 bits per heavy atom. The minimum Gasteiger partial charge on any atom is -0.491 e. The van der Waals surface area contributed by atoms with Crippen LogP contribution in [0.1, 0.15) is 45.8 Å². The van der Waals surface area contributed by atoms with Gasteiger partial charge in [-0.05, 0) is 44.9 Å². The Balaban J connectivity index is 2.71. The minimum atomic E-state index is -0.581. The van der Waals surface area contributed by atoms with Crippen LogP contribution in [0.2, 0.25) is 0 Å². The number of benzene rings is 1. The molecule has 0 heterocycles. The van der Waals surface area contributed by atoms with E-state index in [1.54, 1.807) is 0 Å². The summed E-state index contributed by atoms with van der Waals surface area (Å²) in [7, 11) is 0. The fraction of sp³-hybridized carbons (Fsp3) is 0.600. The van der Waals surface area contributed by atoms with Gasteiger partial charge in [0.1, 0.15) is 11.9 Å². The van der Waals surface area contributed by atoms with Gasteiger partial charge in [-0.3, -0.25) is 0 Å². The van der Waals surface area contributed by atoms with Gasteiger partial charge in [0.05, 0.1) is 12.2 Å². The smallest absolute Gasteiger partial charge is 0.119 e. The van der Waals surface area contributed by atoms with Crippen LogP contribution in [0.25, 0.3) is 0 Å². The van der Waals surface area contributed by atoms with E-state index in [-0.39, 0.29) is 12.2 Å². The van der Waals surface area contributed by atoms with Crippen molar-refractivity contribution in [1.82, 2.24) is 0 Å². The molecule has 0 saturated carbocycles. The average Bonchev–Trinajstić information content (AvgIpc) is 2.35. The summed E-state index contributed by atoms with van der Waals surface area (Å²) in [4.78, 5) is 0. The van der Waals surface area contributed by atoms with Gasteiger partial charge in [0.25, 0.3) is 0 Å². The maximum atomic E-state index is 10.2. The van der Waals surface area contributed by atoms with Gasteiger partial charge in [0.2, 0.25) is 0 Å². The van der Waals surface area contributed by atoms with Crippen LogP contribution in [-0.4, -0.2) is 23.9 Å². The van der Waals surface area contributed by atoms with E-state index in [9.17, 15) is 5.11 Å². The minimum absolute atomic E-state index is 0.146. The van der Waals surface area contributed by atoms with Crippen LogP contribution in [0.4, 0.5) is 0 Å². The number of aliphatic hydroxyl groups excluding tert-OH is 1. The van der Waals surface area contributed by atoms with E-state index in [1.807, 2.05) is 52.0 Å². The summed E-state index contributed by atoms with van der Waals surface area (Å²) in [5.74, 6) is 0.824. The fourth-order valence-electron chi connectivity index (χ4n) is 1.88. The lowest BCUT2D eigenvalue weighted by molar-refractivity contribution is -0.0356. The summed E-state index contributed by atoms with van der Waals surface area (Å²) in [6, 6.07) is 7.56. The molecule has 102 valence electrons. The molecule has 0 aliphatic rings. The predicted molar refractivity (Wildman–Crippen MR) is 72.9 cm³/mol. The molecule has 0 aliphatic carbocycles. The molecule has 2 atom stereocenters. The van der Waals surface area contributed by atoms with Crippen LogP contribution in [0.3, 0.4) is 0 Å². The molecule has 0 amide bonds. The molecular formula is C15H24O3. The first kappa shape index (κ1) is 15.0. The first-order valence-corrected chi connectivity index (χ1v) is 6.64. The highest BCUT2D eigenvalue weighted by Gasteiger charge is 2.19. The van der Waals surface area contributed by atoms with Crippen LogP contribution in [-0.2, 0) is 4.74 Å². The molecule has 0 aromatic heterocycles. The third kappa shape index (κ3) is 4.31. The van der Waals surface area contributed by atoms with E-state index in [1.165, 1.54) is 0 Å². The monoisotopic (exact) mass is 252 g/mol. The average molecular weight is 252 g/mol. The number of hydrogen-bond donors (Lipinski definition) is 1. The summed E-state index contributed by atoms with van der Waals surface area (Å²) >= 11 is 0. The molecule has 1 rings (SSSR count). The second-order valence-electron chi connectivity index (χ2n) is 4.58. The Morgan fingerprint density at radius 3 is 2.17 bits per heavy atom. The van der Waals surface area contributed by atoms with Crippen molar-refractivity contribution in [2.24, 2.45) is 0 Å². The van der Waals surface area contributed by atoms with E-state index in [2.05, 4.69) is 0 Å². The molecule has 3 nitrogen and oxygen atoms in total. The Labute approximate surface area is 110 Å². The third-order valence-electron chi connectivity index (χ3n) is 2.73. The first-order chi connectivity index (χ1) is 8.58. The number of rotatable bonds is 7. The molecule has 0 aliphatic heterocycles. The topological polar surface area (TPSA) is 38.7 Å². The molecule has 3 heteroatoms. The highest BCUT2D eigenvalue weighted by atomic mass is 16.5. The van der Waals surface area contributed by atoms with Gasteiger partial charge in [-0.1, -0.05) is 19.1 Å². The Kier molecular flexibility index (Phi) is 6.16. The van der Waals surface area contributed by atoms with Crippen molar-refractivity contribution in [1.29, 1.82) is 0 Å². The Hall–Kier alpha value is -1.06. The molecule has 0 fully saturated rings. The van der Waals surface area contributed by atoms with Crippen LogP contribution < -0.4 is 4.74 Å². The lowest BCUT2D eigenvalue weighted by Gasteiger charge is -2.22.